The Balaban J connectivity index is 1.86. The number of rotatable bonds is 5. The highest BCUT2D eigenvalue weighted by atomic mass is 16.6. The zero-order chi connectivity index (χ0) is 16.8. The van der Waals surface area contributed by atoms with Gasteiger partial charge in [0.25, 0.3) is 5.91 Å². The number of amides is 1. The van der Waals surface area contributed by atoms with Crippen LogP contribution in [0.3, 0.4) is 0 Å². The molecule has 0 fully saturated rings. The monoisotopic (exact) mass is 320 g/mol. The molecule has 0 bridgehead atoms. The number of furan rings is 1. The predicted molar refractivity (Wildman–Crippen MR) is 93.1 cm³/mol. The van der Waals surface area contributed by atoms with Gasteiger partial charge in [0.15, 0.2) is 5.76 Å². The van der Waals surface area contributed by atoms with Crippen molar-refractivity contribution in [1.29, 1.82) is 0 Å². The Labute approximate surface area is 139 Å². The second-order valence-corrected chi connectivity index (χ2v) is 5.02. The van der Waals surface area contributed by atoms with Crippen molar-refractivity contribution < 1.29 is 14.0 Å². The van der Waals surface area contributed by atoms with Crippen LogP contribution in [-0.2, 0) is 4.84 Å². The summed E-state index contributed by atoms with van der Waals surface area (Å²) in [5, 5.41) is 6.62. The van der Waals surface area contributed by atoms with Crippen molar-refractivity contribution in [2.75, 3.05) is 12.4 Å². The summed E-state index contributed by atoms with van der Waals surface area (Å²) in [4.78, 5) is 16.9. The summed E-state index contributed by atoms with van der Waals surface area (Å²) in [6, 6.07) is 18.7. The molecular weight excluding hydrogens is 304 g/mol. The summed E-state index contributed by atoms with van der Waals surface area (Å²) in [6.45, 7) is 0. The van der Waals surface area contributed by atoms with Crippen LogP contribution in [0.4, 0.5) is 5.69 Å². The van der Waals surface area contributed by atoms with Gasteiger partial charge in [-0.25, -0.2) is 0 Å². The summed E-state index contributed by atoms with van der Waals surface area (Å²) < 4.78 is 5.13. The number of nitrogens with one attached hydrogen (secondary N) is 1. The first-order valence-corrected chi connectivity index (χ1v) is 7.39. The Bertz CT molecular complexity index is 837. The number of carbonyl (C=O) groups excluding carboxylic acids is 1. The summed E-state index contributed by atoms with van der Waals surface area (Å²) >= 11 is 0. The van der Waals surface area contributed by atoms with Crippen LogP contribution in [0, 0.1) is 0 Å². The highest BCUT2D eigenvalue weighted by Crippen LogP contribution is 2.28. The molecule has 1 heterocycles. The maximum Gasteiger partial charge on any atom is 0.291 e. The smallest absolute Gasteiger partial charge is 0.291 e. The van der Waals surface area contributed by atoms with Crippen molar-refractivity contribution in [3.8, 4) is 11.1 Å². The normalized spacial score (nSPS) is 10.7. The van der Waals surface area contributed by atoms with Gasteiger partial charge < -0.3 is 14.6 Å². The molecule has 5 nitrogen and oxygen atoms in total. The Kier molecular flexibility index (Phi) is 4.72. The van der Waals surface area contributed by atoms with E-state index in [1.165, 1.54) is 13.4 Å². The fraction of sp³-hybridized carbons (Fsp3) is 0.0526. The van der Waals surface area contributed by atoms with Crippen LogP contribution in [0.1, 0.15) is 16.1 Å². The number of nitrogens with zero attached hydrogens (tertiary/aromatic N) is 1. The first kappa shape index (κ1) is 15.6. The average Bonchev–Trinajstić information content (AvgIpc) is 3.16. The van der Waals surface area contributed by atoms with Crippen LogP contribution in [0.5, 0.6) is 0 Å². The lowest BCUT2D eigenvalue weighted by atomic mass is 10.0. The second-order valence-electron chi connectivity index (χ2n) is 5.02. The Morgan fingerprint density at radius 3 is 2.58 bits per heavy atom. The molecule has 0 aliphatic heterocycles. The molecule has 1 aromatic heterocycles. The Morgan fingerprint density at radius 1 is 1.08 bits per heavy atom. The highest BCUT2D eigenvalue weighted by molar-refractivity contribution is 6.04. The topological polar surface area (TPSA) is 63.8 Å². The number of para-hydroxylation sites is 1. The van der Waals surface area contributed by atoms with Crippen LogP contribution in [0.25, 0.3) is 11.1 Å². The van der Waals surface area contributed by atoms with Crippen LogP contribution in [-0.4, -0.2) is 19.2 Å². The van der Waals surface area contributed by atoms with Gasteiger partial charge in [-0.1, -0.05) is 47.6 Å². The van der Waals surface area contributed by atoms with Gasteiger partial charge in [0.05, 0.1) is 12.5 Å². The van der Waals surface area contributed by atoms with E-state index < -0.39 is 0 Å². The second kappa shape index (κ2) is 7.28. The lowest BCUT2D eigenvalue weighted by molar-refractivity contribution is 0.0996. The number of hydrogen-bond acceptors (Lipinski definition) is 4. The molecule has 0 saturated carbocycles. The summed E-state index contributed by atoms with van der Waals surface area (Å²) in [5.41, 5.74) is 3.56. The van der Waals surface area contributed by atoms with E-state index in [4.69, 9.17) is 4.42 Å². The molecule has 24 heavy (non-hydrogen) atoms. The van der Waals surface area contributed by atoms with Gasteiger partial charge in [-0.15, -0.1) is 0 Å². The van der Waals surface area contributed by atoms with Crippen LogP contribution < -0.4 is 5.32 Å². The molecule has 1 amide bonds. The molecular formula is C19H16N2O3. The maximum absolute atomic E-state index is 12.2. The molecule has 0 aliphatic rings. The Hall–Kier alpha value is -3.34. The van der Waals surface area contributed by atoms with Crippen LogP contribution >= 0.6 is 0 Å². The van der Waals surface area contributed by atoms with Gasteiger partial charge in [-0.05, 0) is 29.3 Å². The molecule has 0 aliphatic carbocycles. The third-order valence-electron chi connectivity index (χ3n) is 3.45. The number of anilines is 1. The molecule has 0 radical (unpaired) electrons. The molecule has 3 aromatic rings. The van der Waals surface area contributed by atoms with E-state index in [9.17, 15) is 4.79 Å². The fourth-order valence-electron chi connectivity index (χ4n) is 2.30. The molecule has 0 spiro atoms. The number of benzene rings is 2. The minimum atomic E-state index is -0.281. The van der Waals surface area contributed by atoms with E-state index in [0.717, 1.165) is 22.4 Å². The highest BCUT2D eigenvalue weighted by Gasteiger charge is 2.12. The average molecular weight is 320 g/mol. The van der Waals surface area contributed by atoms with E-state index in [-0.39, 0.29) is 11.7 Å². The van der Waals surface area contributed by atoms with Gasteiger partial charge in [-0.3, -0.25) is 4.79 Å². The summed E-state index contributed by atoms with van der Waals surface area (Å²) in [6.07, 6.45) is 3.11. The molecule has 0 atom stereocenters. The quantitative estimate of drug-likeness (QED) is 0.566. The molecule has 0 saturated heterocycles. The van der Waals surface area contributed by atoms with Crippen LogP contribution in [0.15, 0.2) is 76.5 Å². The van der Waals surface area contributed by atoms with Gasteiger partial charge in [0, 0.05) is 11.3 Å². The number of carbonyl (C=O) groups is 1. The van der Waals surface area contributed by atoms with Gasteiger partial charge >= 0.3 is 0 Å². The standard InChI is InChI=1S/C19H16N2O3/c1-23-20-13-14-8-10-15(11-9-14)16-5-2-3-6-17(16)21-19(22)18-7-4-12-24-18/h2-13H,1H3,(H,21,22). The zero-order valence-electron chi connectivity index (χ0n) is 13.1. The van der Waals surface area contributed by atoms with Crippen molar-refractivity contribution in [3.05, 3.63) is 78.3 Å². The SMILES string of the molecule is CON=Cc1ccc(-c2ccccc2NC(=O)c2ccco2)cc1. The molecule has 5 heteroatoms. The van der Waals surface area contributed by atoms with Gasteiger partial charge in [-0.2, -0.15) is 0 Å². The summed E-state index contributed by atoms with van der Waals surface area (Å²) in [5.74, 6) is -0.00720. The fourth-order valence-corrected chi connectivity index (χ4v) is 2.30. The van der Waals surface area contributed by atoms with Crippen molar-refractivity contribution in [2.24, 2.45) is 5.16 Å². The van der Waals surface area contributed by atoms with E-state index in [1.54, 1.807) is 18.3 Å². The Morgan fingerprint density at radius 2 is 1.88 bits per heavy atom. The molecule has 3 rings (SSSR count). The van der Waals surface area contributed by atoms with E-state index >= 15 is 0 Å². The van der Waals surface area contributed by atoms with E-state index in [0.29, 0.717) is 0 Å². The third-order valence-corrected chi connectivity index (χ3v) is 3.45. The molecule has 1 N–H and O–H groups in total. The van der Waals surface area contributed by atoms with Gasteiger partial charge in [0.1, 0.15) is 7.11 Å². The van der Waals surface area contributed by atoms with Crippen molar-refractivity contribution in [1.82, 2.24) is 0 Å². The number of oxime groups is 1. The third kappa shape index (κ3) is 3.52. The largest absolute Gasteiger partial charge is 0.459 e. The van der Waals surface area contributed by atoms with Gasteiger partial charge in [0.2, 0.25) is 0 Å². The lowest BCUT2D eigenvalue weighted by Gasteiger charge is -2.10. The molecule has 2 aromatic carbocycles. The molecule has 120 valence electrons. The first-order chi connectivity index (χ1) is 11.8. The maximum atomic E-state index is 12.2. The van der Waals surface area contributed by atoms with Crippen LogP contribution in [0.2, 0.25) is 0 Å². The predicted octanol–water partition coefficient (Wildman–Crippen LogP) is 4.18. The van der Waals surface area contributed by atoms with E-state index in [2.05, 4.69) is 15.3 Å². The first-order valence-electron chi connectivity index (χ1n) is 7.39. The molecule has 0 unspecified atom stereocenters. The van der Waals surface area contributed by atoms with Crippen molar-refractivity contribution in [3.63, 3.8) is 0 Å². The summed E-state index contributed by atoms with van der Waals surface area (Å²) in [7, 11) is 1.50. The minimum absolute atomic E-state index is 0.274. The lowest BCUT2D eigenvalue weighted by Crippen LogP contribution is -2.11. The zero-order valence-corrected chi connectivity index (χ0v) is 13.1. The van der Waals surface area contributed by atoms with Crippen molar-refractivity contribution >= 4 is 17.8 Å². The number of hydrogen-bond donors (Lipinski definition) is 1. The van der Waals surface area contributed by atoms with Crippen molar-refractivity contribution in [2.45, 2.75) is 0 Å². The van der Waals surface area contributed by atoms with E-state index in [1.807, 2.05) is 48.5 Å². The minimum Gasteiger partial charge on any atom is -0.459 e.